The van der Waals surface area contributed by atoms with Crippen LogP contribution in [-0.2, 0) is 17.5 Å². The number of aliphatic carboxylic acids is 1. The fourth-order valence-corrected chi connectivity index (χ4v) is 1.85. The van der Waals surface area contributed by atoms with Crippen LogP contribution in [-0.4, -0.2) is 32.4 Å². The molecule has 0 saturated heterocycles. The molecule has 114 valence electrons. The summed E-state index contributed by atoms with van der Waals surface area (Å²) in [7, 11) is 0. The molecule has 8 heteroatoms. The van der Waals surface area contributed by atoms with Gasteiger partial charge in [0, 0.05) is 18.8 Å². The molecule has 0 spiro atoms. The summed E-state index contributed by atoms with van der Waals surface area (Å²) >= 11 is 0. The van der Waals surface area contributed by atoms with Crippen molar-refractivity contribution in [3.63, 3.8) is 0 Å². The Morgan fingerprint density at radius 2 is 2.10 bits per heavy atom. The average molecular weight is 293 g/mol. The van der Waals surface area contributed by atoms with Crippen LogP contribution >= 0.6 is 0 Å². The van der Waals surface area contributed by atoms with Crippen molar-refractivity contribution in [1.82, 2.24) is 15.1 Å². The second-order valence-corrected chi connectivity index (χ2v) is 5.15. The first-order valence-corrected chi connectivity index (χ1v) is 6.16. The summed E-state index contributed by atoms with van der Waals surface area (Å²) in [6.45, 7) is 5.19. The van der Waals surface area contributed by atoms with Gasteiger partial charge in [0.1, 0.15) is 5.54 Å². The molecule has 1 aromatic heterocycles. The van der Waals surface area contributed by atoms with Crippen molar-refractivity contribution in [1.29, 1.82) is 0 Å². The summed E-state index contributed by atoms with van der Waals surface area (Å²) in [5.41, 5.74) is -2.19. The molecule has 0 aliphatic heterocycles. The Morgan fingerprint density at radius 3 is 2.50 bits per heavy atom. The van der Waals surface area contributed by atoms with Crippen molar-refractivity contribution < 1.29 is 23.1 Å². The van der Waals surface area contributed by atoms with E-state index in [0.717, 1.165) is 10.7 Å². The molecular weight excluding hydrogens is 275 g/mol. The highest BCUT2D eigenvalue weighted by molar-refractivity contribution is 5.78. The number of rotatable bonds is 6. The van der Waals surface area contributed by atoms with Crippen molar-refractivity contribution in [2.24, 2.45) is 0 Å². The molecule has 0 aliphatic carbocycles. The van der Waals surface area contributed by atoms with Crippen LogP contribution in [0.25, 0.3) is 0 Å². The van der Waals surface area contributed by atoms with E-state index in [1.165, 1.54) is 13.1 Å². The highest BCUT2D eigenvalue weighted by atomic mass is 19.4. The fraction of sp³-hybridized carbons (Fsp3) is 0.667. The third-order valence-electron chi connectivity index (χ3n) is 2.85. The van der Waals surface area contributed by atoms with Crippen LogP contribution in [0.3, 0.4) is 0 Å². The third kappa shape index (κ3) is 4.22. The maximum atomic E-state index is 12.4. The summed E-state index contributed by atoms with van der Waals surface area (Å²) in [6.07, 6.45) is -3.17. The normalized spacial score (nSPS) is 15.3. The van der Waals surface area contributed by atoms with Crippen LogP contribution in [0.4, 0.5) is 13.2 Å². The number of nitrogens with zero attached hydrogens (tertiary/aromatic N) is 2. The Labute approximate surface area is 114 Å². The Balaban J connectivity index is 2.73. The Hall–Kier alpha value is -1.57. The number of aryl methyl sites for hydroxylation is 1. The second-order valence-electron chi connectivity index (χ2n) is 5.15. The number of carbonyl (C=O) groups is 1. The van der Waals surface area contributed by atoms with E-state index in [4.69, 9.17) is 0 Å². The molecule has 0 aromatic carbocycles. The van der Waals surface area contributed by atoms with Crippen molar-refractivity contribution in [3.8, 4) is 0 Å². The number of carboxylic acids is 1. The number of carboxylic acid groups (broad SMARTS) is 1. The predicted octanol–water partition coefficient (Wildman–Crippen LogP) is 2.13. The first kappa shape index (κ1) is 16.5. The van der Waals surface area contributed by atoms with Gasteiger partial charge in [0.05, 0.1) is 0 Å². The topological polar surface area (TPSA) is 67.2 Å². The molecule has 0 radical (unpaired) electrons. The summed E-state index contributed by atoms with van der Waals surface area (Å²) in [6, 6.07) is 0.813. The number of hydrogen-bond donors (Lipinski definition) is 2. The van der Waals surface area contributed by atoms with Gasteiger partial charge in [0.25, 0.3) is 0 Å². The molecule has 1 heterocycles. The lowest BCUT2D eigenvalue weighted by Crippen LogP contribution is -2.52. The maximum absolute atomic E-state index is 12.4. The van der Waals surface area contributed by atoms with Gasteiger partial charge in [-0.15, -0.1) is 0 Å². The smallest absolute Gasteiger partial charge is 0.435 e. The van der Waals surface area contributed by atoms with E-state index < -0.39 is 23.4 Å². The number of nitrogens with one attached hydrogen (secondary N) is 1. The summed E-state index contributed by atoms with van der Waals surface area (Å²) in [4.78, 5) is 11.3. The predicted molar refractivity (Wildman–Crippen MR) is 66.2 cm³/mol. The molecule has 0 saturated carbocycles. The van der Waals surface area contributed by atoms with Gasteiger partial charge in [-0.2, -0.15) is 18.3 Å². The van der Waals surface area contributed by atoms with Gasteiger partial charge in [0.15, 0.2) is 5.69 Å². The van der Waals surface area contributed by atoms with E-state index in [2.05, 4.69) is 10.4 Å². The maximum Gasteiger partial charge on any atom is 0.435 e. The van der Waals surface area contributed by atoms with Crippen LogP contribution in [0, 0.1) is 0 Å². The summed E-state index contributed by atoms with van der Waals surface area (Å²) < 4.78 is 38.3. The van der Waals surface area contributed by atoms with Gasteiger partial charge in [-0.25, -0.2) is 0 Å². The summed E-state index contributed by atoms with van der Waals surface area (Å²) in [5.74, 6) is -1.05. The first-order chi connectivity index (χ1) is 9.04. The highest BCUT2D eigenvalue weighted by Crippen LogP contribution is 2.27. The minimum absolute atomic E-state index is 0.0561. The van der Waals surface area contributed by atoms with Crippen LogP contribution in [0.5, 0.6) is 0 Å². The average Bonchev–Trinajstić information content (AvgIpc) is 2.73. The minimum Gasteiger partial charge on any atom is -0.480 e. The molecule has 0 bridgehead atoms. The van der Waals surface area contributed by atoms with E-state index in [1.54, 1.807) is 13.8 Å². The van der Waals surface area contributed by atoms with Gasteiger partial charge in [0.2, 0.25) is 0 Å². The molecular formula is C12H18F3N3O2. The second kappa shape index (κ2) is 5.82. The molecule has 1 rings (SSSR count). The Kier molecular flexibility index (Phi) is 4.80. The molecule has 2 N–H and O–H groups in total. The molecule has 1 aromatic rings. The zero-order valence-electron chi connectivity index (χ0n) is 11.5. The molecule has 0 amide bonds. The van der Waals surface area contributed by atoms with Crippen molar-refractivity contribution in [3.05, 3.63) is 18.0 Å². The van der Waals surface area contributed by atoms with Crippen molar-refractivity contribution in [2.75, 3.05) is 0 Å². The number of alkyl halides is 3. The van der Waals surface area contributed by atoms with Crippen LogP contribution in [0.15, 0.2) is 12.3 Å². The van der Waals surface area contributed by atoms with Gasteiger partial charge in [-0.3, -0.25) is 14.8 Å². The standard InChI is InChI=1S/C12H18F3N3O2/c1-8(2)16-11(3,10(19)20)5-7-18-6-4-9(17-18)12(13,14)15/h4,6,8,16H,5,7H2,1-3H3,(H,19,20). The lowest BCUT2D eigenvalue weighted by Gasteiger charge is -2.28. The van der Waals surface area contributed by atoms with E-state index in [-0.39, 0.29) is 19.0 Å². The van der Waals surface area contributed by atoms with E-state index in [9.17, 15) is 23.1 Å². The Morgan fingerprint density at radius 1 is 1.50 bits per heavy atom. The van der Waals surface area contributed by atoms with E-state index >= 15 is 0 Å². The first-order valence-electron chi connectivity index (χ1n) is 6.16. The quantitative estimate of drug-likeness (QED) is 0.843. The van der Waals surface area contributed by atoms with Gasteiger partial charge >= 0.3 is 12.1 Å². The summed E-state index contributed by atoms with van der Waals surface area (Å²) in [5, 5.41) is 15.5. The zero-order chi connectivity index (χ0) is 15.6. The van der Waals surface area contributed by atoms with E-state index in [0.29, 0.717) is 0 Å². The fourth-order valence-electron chi connectivity index (χ4n) is 1.85. The van der Waals surface area contributed by atoms with Gasteiger partial charge in [-0.1, -0.05) is 0 Å². The molecule has 0 fully saturated rings. The monoisotopic (exact) mass is 293 g/mol. The molecule has 20 heavy (non-hydrogen) atoms. The van der Waals surface area contributed by atoms with Gasteiger partial charge < -0.3 is 5.11 Å². The van der Waals surface area contributed by atoms with Crippen molar-refractivity contribution in [2.45, 2.75) is 51.5 Å². The minimum atomic E-state index is -4.49. The van der Waals surface area contributed by atoms with Crippen LogP contribution in [0.2, 0.25) is 0 Å². The molecule has 1 unspecified atom stereocenters. The number of hydrogen-bond acceptors (Lipinski definition) is 3. The van der Waals surface area contributed by atoms with Crippen LogP contribution < -0.4 is 5.32 Å². The highest BCUT2D eigenvalue weighted by Gasteiger charge is 2.35. The lowest BCUT2D eigenvalue weighted by atomic mass is 9.97. The SMILES string of the molecule is CC(C)NC(C)(CCn1ccc(C(F)(F)F)n1)C(=O)O. The third-order valence-corrected chi connectivity index (χ3v) is 2.85. The molecule has 5 nitrogen and oxygen atoms in total. The molecule has 1 atom stereocenters. The number of halogens is 3. The lowest BCUT2D eigenvalue weighted by molar-refractivity contribution is -0.145. The zero-order valence-corrected chi connectivity index (χ0v) is 11.5. The van der Waals surface area contributed by atoms with Crippen molar-refractivity contribution >= 4 is 5.97 Å². The van der Waals surface area contributed by atoms with Gasteiger partial charge in [-0.05, 0) is 33.3 Å². The largest absolute Gasteiger partial charge is 0.480 e. The number of aromatic nitrogens is 2. The molecule has 0 aliphatic rings. The van der Waals surface area contributed by atoms with Crippen LogP contribution in [0.1, 0.15) is 32.9 Å². The van der Waals surface area contributed by atoms with E-state index in [1.807, 2.05) is 0 Å². The Bertz CT molecular complexity index is 471.